The molecule has 0 heterocycles. The standard InChI is InChI=1S/C23H28ClFN2O3S/c1-4-12-26-23(29)16(2)27(13-17-8-10-18(30-3)11-9-17)22(28)15-31-14-19-20(24)6-5-7-21(19)25/h5-11,16H,4,12-15H2,1-3H3,(H,26,29). The van der Waals surface area contributed by atoms with Gasteiger partial charge in [-0.25, -0.2) is 4.39 Å². The van der Waals surface area contributed by atoms with Crippen LogP contribution in [-0.4, -0.2) is 42.2 Å². The third-order valence-corrected chi connectivity index (χ3v) is 6.06. The number of carbonyl (C=O) groups is 2. The highest BCUT2D eigenvalue weighted by molar-refractivity contribution is 7.99. The van der Waals surface area contributed by atoms with E-state index in [2.05, 4.69) is 5.32 Å². The summed E-state index contributed by atoms with van der Waals surface area (Å²) in [6.07, 6.45) is 0.810. The summed E-state index contributed by atoms with van der Waals surface area (Å²) in [5, 5.41) is 3.18. The van der Waals surface area contributed by atoms with Crippen LogP contribution >= 0.6 is 23.4 Å². The number of ether oxygens (including phenoxy) is 1. The van der Waals surface area contributed by atoms with E-state index in [-0.39, 0.29) is 29.9 Å². The van der Waals surface area contributed by atoms with Gasteiger partial charge < -0.3 is 15.0 Å². The molecule has 0 spiro atoms. The molecule has 168 valence electrons. The SMILES string of the molecule is CCCNC(=O)C(C)N(Cc1ccc(OC)cc1)C(=O)CSCc1c(F)cccc1Cl. The fourth-order valence-corrected chi connectivity index (χ4v) is 4.15. The Hall–Kier alpha value is -2.25. The highest BCUT2D eigenvalue weighted by atomic mass is 35.5. The van der Waals surface area contributed by atoms with Crippen LogP contribution in [0.5, 0.6) is 5.75 Å². The van der Waals surface area contributed by atoms with Crippen LogP contribution in [-0.2, 0) is 21.9 Å². The molecule has 0 saturated carbocycles. The van der Waals surface area contributed by atoms with E-state index in [9.17, 15) is 14.0 Å². The summed E-state index contributed by atoms with van der Waals surface area (Å²) in [5.41, 5.74) is 1.25. The van der Waals surface area contributed by atoms with Crippen LogP contribution in [0, 0.1) is 5.82 Å². The zero-order chi connectivity index (χ0) is 22.8. The summed E-state index contributed by atoms with van der Waals surface area (Å²) in [7, 11) is 1.59. The molecule has 31 heavy (non-hydrogen) atoms. The van der Waals surface area contributed by atoms with Crippen LogP contribution in [0.4, 0.5) is 4.39 Å². The van der Waals surface area contributed by atoms with E-state index in [4.69, 9.17) is 16.3 Å². The second kappa shape index (κ2) is 12.6. The number of hydrogen-bond acceptors (Lipinski definition) is 4. The van der Waals surface area contributed by atoms with E-state index in [1.54, 1.807) is 31.1 Å². The average Bonchev–Trinajstić information content (AvgIpc) is 2.77. The zero-order valence-electron chi connectivity index (χ0n) is 18.0. The molecule has 2 aromatic rings. The lowest BCUT2D eigenvalue weighted by molar-refractivity contribution is -0.138. The number of benzene rings is 2. The van der Waals surface area contributed by atoms with Crippen molar-refractivity contribution in [2.75, 3.05) is 19.4 Å². The maximum Gasteiger partial charge on any atom is 0.242 e. The van der Waals surface area contributed by atoms with Crippen molar-refractivity contribution in [3.63, 3.8) is 0 Å². The Bertz CT molecular complexity index is 859. The van der Waals surface area contributed by atoms with E-state index in [0.717, 1.165) is 12.0 Å². The monoisotopic (exact) mass is 466 g/mol. The van der Waals surface area contributed by atoms with Crippen LogP contribution in [0.2, 0.25) is 5.02 Å². The minimum Gasteiger partial charge on any atom is -0.497 e. The van der Waals surface area contributed by atoms with E-state index >= 15 is 0 Å². The van der Waals surface area contributed by atoms with Gasteiger partial charge in [0.2, 0.25) is 11.8 Å². The number of hydrogen-bond donors (Lipinski definition) is 1. The number of amides is 2. The first-order valence-electron chi connectivity index (χ1n) is 10.1. The number of nitrogens with zero attached hydrogens (tertiary/aromatic N) is 1. The molecule has 2 amide bonds. The second-order valence-electron chi connectivity index (χ2n) is 7.03. The molecule has 0 aliphatic carbocycles. The van der Waals surface area contributed by atoms with Crippen molar-refractivity contribution in [1.82, 2.24) is 10.2 Å². The molecular weight excluding hydrogens is 439 g/mol. The third-order valence-electron chi connectivity index (χ3n) is 4.76. The van der Waals surface area contributed by atoms with E-state index < -0.39 is 11.9 Å². The van der Waals surface area contributed by atoms with Crippen molar-refractivity contribution in [3.05, 3.63) is 64.4 Å². The molecule has 5 nitrogen and oxygen atoms in total. The minimum absolute atomic E-state index is 0.103. The number of carbonyl (C=O) groups excluding carboxylic acids is 2. The zero-order valence-corrected chi connectivity index (χ0v) is 19.6. The van der Waals surface area contributed by atoms with Crippen molar-refractivity contribution < 1.29 is 18.7 Å². The largest absolute Gasteiger partial charge is 0.497 e. The molecule has 2 aromatic carbocycles. The predicted molar refractivity (Wildman–Crippen MR) is 124 cm³/mol. The molecule has 0 aliphatic rings. The van der Waals surface area contributed by atoms with Gasteiger partial charge in [0.25, 0.3) is 0 Å². The summed E-state index contributed by atoms with van der Waals surface area (Å²) in [6, 6.07) is 11.2. The van der Waals surface area contributed by atoms with E-state index in [1.807, 2.05) is 31.2 Å². The van der Waals surface area contributed by atoms with Gasteiger partial charge in [0.1, 0.15) is 17.6 Å². The normalized spacial score (nSPS) is 11.6. The van der Waals surface area contributed by atoms with E-state index in [1.165, 1.54) is 17.8 Å². The Morgan fingerprint density at radius 2 is 1.94 bits per heavy atom. The molecule has 0 aliphatic heterocycles. The Labute approximate surface area is 192 Å². The summed E-state index contributed by atoms with van der Waals surface area (Å²) < 4.78 is 19.2. The molecule has 0 aromatic heterocycles. The molecule has 0 fully saturated rings. The summed E-state index contributed by atoms with van der Waals surface area (Å²) in [5.74, 6) is 0.289. The number of nitrogens with one attached hydrogen (secondary N) is 1. The Balaban J connectivity index is 2.09. The predicted octanol–water partition coefficient (Wildman–Crippen LogP) is 4.66. The van der Waals surface area contributed by atoms with Crippen molar-refractivity contribution in [3.8, 4) is 5.75 Å². The summed E-state index contributed by atoms with van der Waals surface area (Å²) in [4.78, 5) is 27.1. The van der Waals surface area contributed by atoms with Crippen molar-refractivity contribution in [1.29, 1.82) is 0 Å². The highest BCUT2D eigenvalue weighted by Crippen LogP contribution is 2.24. The van der Waals surface area contributed by atoms with Gasteiger partial charge in [0.05, 0.1) is 12.9 Å². The Kier molecular flexibility index (Phi) is 10.1. The van der Waals surface area contributed by atoms with Gasteiger partial charge >= 0.3 is 0 Å². The molecule has 0 bridgehead atoms. The Morgan fingerprint density at radius 1 is 1.23 bits per heavy atom. The van der Waals surface area contributed by atoms with Crippen LogP contribution < -0.4 is 10.1 Å². The molecule has 1 atom stereocenters. The van der Waals surface area contributed by atoms with Gasteiger partial charge in [0.15, 0.2) is 0 Å². The first-order valence-corrected chi connectivity index (χ1v) is 11.6. The first-order chi connectivity index (χ1) is 14.9. The summed E-state index contributed by atoms with van der Waals surface area (Å²) in [6.45, 7) is 4.51. The number of halogens is 2. The van der Waals surface area contributed by atoms with E-state index in [0.29, 0.717) is 22.9 Å². The molecule has 1 unspecified atom stereocenters. The maximum absolute atomic E-state index is 14.0. The van der Waals surface area contributed by atoms with Gasteiger partial charge in [-0.15, -0.1) is 11.8 Å². The third kappa shape index (κ3) is 7.43. The lowest BCUT2D eigenvalue weighted by atomic mass is 10.1. The van der Waals surface area contributed by atoms with Gasteiger partial charge in [-0.3, -0.25) is 9.59 Å². The molecule has 1 N–H and O–H groups in total. The summed E-state index contributed by atoms with van der Waals surface area (Å²) >= 11 is 7.34. The average molecular weight is 467 g/mol. The Morgan fingerprint density at radius 3 is 2.55 bits per heavy atom. The second-order valence-corrected chi connectivity index (χ2v) is 8.42. The first kappa shape index (κ1) is 25.0. The quantitative estimate of drug-likeness (QED) is 0.523. The molecule has 2 rings (SSSR count). The van der Waals surface area contributed by atoms with Crippen LogP contribution in [0.3, 0.4) is 0 Å². The van der Waals surface area contributed by atoms with Crippen molar-refractivity contribution >= 4 is 35.2 Å². The maximum atomic E-state index is 14.0. The molecule has 0 radical (unpaired) electrons. The topological polar surface area (TPSA) is 58.6 Å². The van der Waals surface area contributed by atoms with Gasteiger partial charge in [-0.1, -0.05) is 36.7 Å². The fraction of sp³-hybridized carbons (Fsp3) is 0.391. The van der Waals surface area contributed by atoms with Gasteiger partial charge in [0, 0.05) is 29.4 Å². The minimum atomic E-state index is -0.640. The smallest absolute Gasteiger partial charge is 0.242 e. The number of thioether (sulfide) groups is 1. The van der Waals surface area contributed by atoms with Gasteiger partial charge in [-0.05, 0) is 43.2 Å². The van der Waals surface area contributed by atoms with Crippen LogP contribution in [0.25, 0.3) is 0 Å². The lowest BCUT2D eigenvalue weighted by Crippen LogP contribution is -2.48. The fourth-order valence-electron chi connectivity index (χ4n) is 2.90. The highest BCUT2D eigenvalue weighted by Gasteiger charge is 2.26. The number of rotatable bonds is 11. The van der Waals surface area contributed by atoms with Crippen molar-refractivity contribution in [2.24, 2.45) is 0 Å². The van der Waals surface area contributed by atoms with Crippen LogP contribution in [0.15, 0.2) is 42.5 Å². The van der Waals surface area contributed by atoms with Crippen molar-refractivity contribution in [2.45, 2.75) is 38.6 Å². The van der Waals surface area contributed by atoms with Gasteiger partial charge in [-0.2, -0.15) is 0 Å². The lowest BCUT2D eigenvalue weighted by Gasteiger charge is -2.29. The molecular formula is C23H28ClFN2O3S. The molecule has 8 heteroatoms. The molecule has 0 saturated heterocycles. The van der Waals surface area contributed by atoms with Crippen LogP contribution in [0.1, 0.15) is 31.4 Å². The number of methoxy groups -OCH3 is 1.